The van der Waals surface area contributed by atoms with Crippen LogP contribution in [0.5, 0.6) is 0 Å². The zero-order valence-corrected chi connectivity index (χ0v) is 14.8. The van der Waals surface area contributed by atoms with Crippen molar-refractivity contribution in [3.8, 4) is 0 Å². The van der Waals surface area contributed by atoms with Crippen molar-refractivity contribution >= 4 is 5.57 Å². The number of nitrogens with two attached hydrogens (primary N) is 1. The van der Waals surface area contributed by atoms with Gasteiger partial charge in [0, 0.05) is 7.11 Å². The molecule has 0 fully saturated rings. The highest BCUT2D eigenvalue weighted by Crippen LogP contribution is 2.23. The number of aliphatic hydroxyl groups is 1. The number of rotatable bonds is 9. The van der Waals surface area contributed by atoms with Gasteiger partial charge in [0.25, 0.3) is 0 Å². The van der Waals surface area contributed by atoms with Crippen molar-refractivity contribution in [1.29, 1.82) is 0 Å². The lowest BCUT2D eigenvalue weighted by Crippen LogP contribution is -2.31. The minimum absolute atomic E-state index is 0.0129. The van der Waals surface area contributed by atoms with Gasteiger partial charge in [-0.3, -0.25) is 0 Å². The van der Waals surface area contributed by atoms with Crippen LogP contribution in [0.25, 0.3) is 5.57 Å². The molecular formula is C20H28FNO2. The molecule has 0 aliphatic heterocycles. The molecule has 0 bridgehead atoms. The quantitative estimate of drug-likeness (QED) is 0.673. The Kier molecular flexibility index (Phi) is 8.61. The van der Waals surface area contributed by atoms with E-state index in [-0.39, 0.29) is 6.61 Å². The first-order valence-corrected chi connectivity index (χ1v) is 8.09. The molecule has 0 aliphatic rings. The first-order valence-electron chi connectivity index (χ1n) is 8.09. The van der Waals surface area contributed by atoms with Gasteiger partial charge in [0.1, 0.15) is 6.67 Å². The van der Waals surface area contributed by atoms with Crippen LogP contribution >= 0.6 is 0 Å². The van der Waals surface area contributed by atoms with E-state index in [0.29, 0.717) is 0 Å². The summed E-state index contributed by atoms with van der Waals surface area (Å²) in [6, 6.07) is 6.89. The van der Waals surface area contributed by atoms with Crippen LogP contribution in [0.15, 0.2) is 54.1 Å². The average molecular weight is 333 g/mol. The minimum Gasteiger partial charge on any atom is -0.392 e. The fourth-order valence-electron chi connectivity index (χ4n) is 2.38. The molecule has 2 unspecified atom stereocenters. The van der Waals surface area contributed by atoms with Crippen molar-refractivity contribution in [3.63, 3.8) is 0 Å². The molecule has 0 heterocycles. The normalized spacial score (nSPS) is 15.2. The summed E-state index contributed by atoms with van der Waals surface area (Å²) in [4.78, 5) is 0. The summed E-state index contributed by atoms with van der Waals surface area (Å²) in [5.41, 5.74) is 10.4. The van der Waals surface area contributed by atoms with Crippen molar-refractivity contribution in [3.05, 3.63) is 65.3 Å². The van der Waals surface area contributed by atoms with E-state index in [1.165, 1.54) is 7.11 Å². The Hall–Kier alpha value is -1.75. The standard InChI is InChI=1S/C20H28FNO2/c1-5-14(2)18(13-23)7-6-15(3)16-8-10-17(11-9-16)20(24-4)19(22)12-21/h6-11,19-20,23H,3,5,12-13,22H2,1-2,4H3/b7-6-,18-14?. The third-order valence-corrected chi connectivity index (χ3v) is 4.17. The van der Waals surface area contributed by atoms with Gasteiger partial charge < -0.3 is 15.6 Å². The molecule has 3 N–H and O–H groups in total. The van der Waals surface area contributed by atoms with E-state index in [4.69, 9.17) is 10.5 Å². The summed E-state index contributed by atoms with van der Waals surface area (Å²) in [6.07, 6.45) is 4.21. The van der Waals surface area contributed by atoms with Gasteiger partial charge in [-0.05, 0) is 35.6 Å². The predicted octanol–water partition coefficient (Wildman–Crippen LogP) is 3.96. The molecule has 0 radical (unpaired) electrons. The minimum atomic E-state index is -0.682. The number of allylic oxidation sites excluding steroid dienone is 3. The molecule has 1 rings (SSSR count). The Bertz CT molecular complexity index is 590. The maximum absolute atomic E-state index is 12.8. The summed E-state index contributed by atoms with van der Waals surface area (Å²) in [7, 11) is 1.52. The fourth-order valence-corrected chi connectivity index (χ4v) is 2.38. The Labute approximate surface area is 144 Å². The number of aliphatic hydroxyl groups excluding tert-OH is 1. The van der Waals surface area contributed by atoms with Crippen molar-refractivity contribution < 1.29 is 14.2 Å². The van der Waals surface area contributed by atoms with Gasteiger partial charge in [-0.1, -0.05) is 55.5 Å². The lowest BCUT2D eigenvalue weighted by molar-refractivity contribution is 0.0721. The molecular weight excluding hydrogens is 305 g/mol. The number of methoxy groups -OCH3 is 1. The molecule has 0 amide bonds. The molecule has 1 aromatic carbocycles. The Morgan fingerprint density at radius 1 is 1.33 bits per heavy atom. The van der Waals surface area contributed by atoms with Crippen molar-refractivity contribution in [2.24, 2.45) is 5.73 Å². The molecule has 0 aromatic heterocycles. The molecule has 1 aromatic rings. The van der Waals surface area contributed by atoms with Crippen LogP contribution < -0.4 is 5.73 Å². The lowest BCUT2D eigenvalue weighted by Gasteiger charge is -2.20. The van der Waals surface area contributed by atoms with E-state index in [1.807, 2.05) is 43.3 Å². The van der Waals surface area contributed by atoms with Crippen LogP contribution in [0.4, 0.5) is 4.39 Å². The maximum atomic E-state index is 12.8. The number of benzene rings is 1. The number of alkyl halides is 1. The maximum Gasteiger partial charge on any atom is 0.107 e. The first kappa shape index (κ1) is 20.3. The topological polar surface area (TPSA) is 55.5 Å². The second kappa shape index (κ2) is 10.2. The van der Waals surface area contributed by atoms with Crippen LogP contribution in [-0.4, -0.2) is 31.5 Å². The van der Waals surface area contributed by atoms with Gasteiger partial charge in [0.05, 0.1) is 18.8 Å². The Balaban J connectivity index is 2.91. The van der Waals surface area contributed by atoms with Gasteiger partial charge in [0.15, 0.2) is 0 Å². The van der Waals surface area contributed by atoms with E-state index in [1.54, 1.807) is 0 Å². The molecule has 0 saturated heterocycles. The molecule has 0 saturated carbocycles. The predicted molar refractivity (Wildman–Crippen MR) is 98.4 cm³/mol. The van der Waals surface area contributed by atoms with Crippen molar-refractivity contribution in [1.82, 2.24) is 0 Å². The zero-order valence-electron chi connectivity index (χ0n) is 14.8. The summed E-state index contributed by atoms with van der Waals surface area (Å²) in [5.74, 6) is 0. The van der Waals surface area contributed by atoms with E-state index in [2.05, 4.69) is 13.5 Å². The molecule has 0 aliphatic carbocycles. The van der Waals surface area contributed by atoms with Gasteiger partial charge in [-0.2, -0.15) is 0 Å². The fraction of sp³-hybridized carbons (Fsp3) is 0.400. The van der Waals surface area contributed by atoms with Gasteiger partial charge >= 0.3 is 0 Å². The average Bonchev–Trinajstić information content (AvgIpc) is 2.62. The monoisotopic (exact) mass is 333 g/mol. The summed E-state index contributed by atoms with van der Waals surface area (Å²) in [5, 5.41) is 9.42. The molecule has 3 nitrogen and oxygen atoms in total. The zero-order chi connectivity index (χ0) is 18.1. The summed E-state index contributed by atoms with van der Waals surface area (Å²) in [6.45, 7) is 7.49. The van der Waals surface area contributed by atoms with Gasteiger partial charge in [0.2, 0.25) is 0 Å². The number of ether oxygens (including phenoxy) is 1. The lowest BCUT2D eigenvalue weighted by atomic mass is 9.98. The summed E-state index contributed by atoms with van der Waals surface area (Å²) < 4.78 is 18.1. The highest BCUT2D eigenvalue weighted by Gasteiger charge is 2.19. The summed E-state index contributed by atoms with van der Waals surface area (Å²) >= 11 is 0. The second-order valence-electron chi connectivity index (χ2n) is 5.77. The second-order valence-corrected chi connectivity index (χ2v) is 5.77. The molecule has 0 spiro atoms. The van der Waals surface area contributed by atoms with Crippen molar-refractivity contribution in [2.75, 3.05) is 20.4 Å². The van der Waals surface area contributed by atoms with Gasteiger partial charge in [-0.25, -0.2) is 4.39 Å². The smallest absolute Gasteiger partial charge is 0.107 e. The molecule has 132 valence electrons. The first-order chi connectivity index (χ1) is 11.5. The number of hydrogen-bond donors (Lipinski definition) is 2. The van der Waals surface area contributed by atoms with Crippen molar-refractivity contribution in [2.45, 2.75) is 32.4 Å². The largest absolute Gasteiger partial charge is 0.392 e. The van der Waals surface area contributed by atoms with E-state index >= 15 is 0 Å². The van der Waals surface area contributed by atoms with Crippen LogP contribution in [0.3, 0.4) is 0 Å². The Morgan fingerprint density at radius 2 is 1.96 bits per heavy atom. The van der Waals surface area contributed by atoms with E-state index < -0.39 is 18.8 Å². The third-order valence-electron chi connectivity index (χ3n) is 4.17. The number of hydrogen-bond acceptors (Lipinski definition) is 3. The van der Waals surface area contributed by atoms with Crippen LogP contribution in [0, 0.1) is 0 Å². The van der Waals surface area contributed by atoms with Gasteiger partial charge in [-0.15, -0.1) is 0 Å². The molecule has 4 heteroatoms. The number of halogens is 1. The highest BCUT2D eigenvalue weighted by molar-refractivity contribution is 5.72. The SMILES string of the molecule is C=C(/C=C\C(CO)=C(C)CC)c1ccc(C(OC)C(N)CF)cc1. The van der Waals surface area contributed by atoms with Crippen LogP contribution in [0.1, 0.15) is 37.5 Å². The molecule has 2 atom stereocenters. The highest BCUT2D eigenvalue weighted by atomic mass is 19.1. The Morgan fingerprint density at radius 3 is 2.42 bits per heavy atom. The van der Waals surface area contributed by atoms with Crippen LogP contribution in [-0.2, 0) is 4.74 Å². The molecule has 24 heavy (non-hydrogen) atoms. The van der Waals surface area contributed by atoms with Crippen LogP contribution in [0.2, 0.25) is 0 Å². The van der Waals surface area contributed by atoms with E-state index in [9.17, 15) is 9.50 Å². The third kappa shape index (κ3) is 5.41. The van der Waals surface area contributed by atoms with E-state index in [0.717, 1.165) is 34.3 Å².